The number of nitrogens with one attached hydrogen (secondary N) is 1. The first-order valence-electron chi connectivity index (χ1n) is 7.91. The van der Waals surface area contributed by atoms with Crippen molar-refractivity contribution in [2.24, 2.45) is 0 Å². The fraction of sp³-hybridized carbons (Fsp3) is 0.294. The highest BCUT2D eigenvalue weighted by Gasteiger charge is 2.31. The minimum Gasteiger partial charge on any atom is -0.370 e. The number of hydrogen-bond acceptors (Lipinski definition) is 5. The average molecular weight is 381 g/mol. The largest absolute Gasteiger partial charge is 0.370 e. The predicted octanol–water partition coefficient (Wildman–Crippen LogP) is 2.24. The number of amides is 1. The molecule has 0 spiro atoms. The van der Waals surface area contributed by atoms with Crippen LogP contribution < -0.4 is 10.2 Å². The molecule has 1 amide bonds. The van der Waals surface area contributed by atoms with E-state index in [9.17, 15) is 22.0 Å². The summed E-state index contributed by atoms with van der Waals surface area (Å²) >= 11 is 0. The highest BCUT2D eigenvalue weighted by molar-refractivity contribution is 7.91. The Labute approximate surface area is 149 Å². The van der Waals surface area contributed by atoms with Crippen LogP contribution in [0.25, 0.3) is 0 Å². The Kier molecular flexibility index (Phi) is 4.90. The van der Waals surface area contributed by atoms with Crippen molar-refractivity contribution in [3.63, 3.8) is 0 Å². The molecule has 1 aromatic carbocycles. The van der Waals surface area contributed by atoms with Crippen LogP contribution in [-0.4, -0.2) is 43.9 Å². The van der Waals surface area contributed by atoms with Crippen LogP contribution >= 0.6 is 0 Å². The molecule has 1 atom stereocenters. The second-order valence-corrected chi connectivity index (χ2v) is 8.35. The van der Waals surface area contributed by atoms with Gasteiger partial charge in [0.1, 0.15) is 23.0 Å². The van der Waals surface area contributed by atoms with E-state index in [2.05, 4.69) is 10.3 Å². The molecule has 9 heteroatoms. The van der Waals surface area contributed by atoms with Crippen molar-refractivity contribution >= 4 is 27.1 Å². The van der Waals surface area contributed by atoms with E-state index in [1.807, 2.05) is 0 Å². The first-order valence-corrected chi connectivity index (χ1v) is 9.73. The molecule has 1 N–H and O–H groups in total. The summed E-state index contributed by atoms with van der Waals surface area (Å²) in [5, 5.41) is 2.18. The zero-order chi connectivity index (χ0) is 18.9. The number of carbonyl (C=O) groups excluding carboxylic acids is 1. The lowest BCUT2D eigenvalue weighted by atomic mass is 10.2. The van der Waals surface area contributed by atoms with Gasteiger partial charge in [-0.25, -0.2) is 17.2 Å². The second kappa shape index (κ2) is 6.99. The Hall–Kier alpha value is -2.55. The highest BCUT2D eigenvalue weighted by Crippen LogP contribution is 2.24. The molecule has 2 aromatic rings. The van der Waals surface area contributed by atoms with Crippen molar-refractivity contribution in [1.82, 2.24) is 4.98 Å². The molecule has 1 aliphatic heterocycles. The van der Waals surface area contributed by atoms with Gasteiger partial charge in [0.05, 0.1) is 11.5 Å². The smallest absolute Gasteiger partial charge is 0.274 e. The maximum absolute atomic E-state index is 13.7. The van der Waals surface area contributed by atoms with Gasteiger partial charge in [-0.2, -0.15) is 0 Å². The SMILES string of the molecule is CN(c1ccnc(C(=O)Nc2c(F)cccc2F)c1)C1CCS(=O)(=O)C1. The third-order valence-corrected chi connectivity index (χ3v) is 6.09. The number of sulfone groups is 1. The Bertz CT molecular complexity index is 930. The van der Waals surface area contributed by atoms with E-state index in [1.165, 1.54) is 18.3 Å². The summed E-state index contributed by atoms with van der Waals surface area (Å²) in [5.74, 6) is -2.35. The quantitative estimate of drug-likeness (QED) is 0.879. The first kappa shape index (κ1) is 18.2. The number of anilines is 2. The van der Waals surface area contributed by atoms with Crippen LogP contribution in [0.3, 0.4) is 0 Å². The molecule has 1 aromatic heterocycles. The number of nitrogens with zero attached hydrogens (tertiary/aromatic N) is 2. The van der Waals surface area contributed by atoms with E-state index in [0.717, 1.165) is 12.1 Å². The maximum atomic E-state index is 13.7. The number of benzene rings is 1. The van der Waals surface area contributed by atoms with Crippen LogP contribution in [-0.2, 0) is 9.84 Å². The first-order chi connectivity index (χ1) is 12.3. The van der Waals surface area contributed by atoms with Gasteiger partial charge >= 0.3 is 0 Å². The van der Waals surface area contributed by atoms with Gasteiger partial charge in [0, 0.05) is 25.0 Å². The van der Waals surface area contributed by atoms with Crippen LogP contribution in [0, 0.1) is 11.6 Å². The summed E-state index contributed by atoms with van der Waals surface area (Å²) in [6, 6.07) is 6.18. The summed E-state index contributed by atoms with van der Waals surface area (Å²) in [7, 11) is -1.31. The van der Waals surface area contributed by atoms with Crippen LogP contribution in [0.4, 0.5) is 20.2 Å². The molecule has 1 fully saturated rings. The van der Waals surface area contributed by atoms with E-state index < -0.39 is 33.1 Å². The molecular formula is C17H17F2N3O3S. The summed E-state index contributed by atoms with van der Waals surface area (Å²) in [5.41, 5.74) is 0.0269. The summed E-state index contributed by atoms with van der Waals surface area (Å²) in [4.78, 5) is 18.0. The molecule has 1 aliphatic rings. The standard InChI is InChI=1S/C17H17F2N3O3S/c1-22(12-6-8-26(24,25)10-12)11-5-7-20-15(9-11)17(23)21-16-13(18)3-2-4-14(16)19/h2-5,7,9,12H,6,8,10H2,1H3,(H,21,23). The minimum absolute atomic E-state index is 0.0298. The highest BCUT2D eigenvalue weighted by atomic mass is 32.2. The van der Waals surface area contributed by atoms with Crippen LogP contribution in [0.15, 0.2) is 36.5 Å². The molecular weight excluding hydrogens is 364 g/mol. The third kappa shape index (κ3) is 3.82. The number of carbonyl (C=O) groups is 1. The number of hydrogen-bond donors (Lipinski definition) is 1. The Morgan fingerprint density at radius 1 is 1.27 bits per heavy atom. The van der Waals surface area contributed by atoms with Gasteiger partial charge in [-0.05, 0) is 30.7 Å². The van der Waals surface area contributed by atoms with Crippen molar-refractivity contribution < 1.29 is 22.0 Å². The molecule has 3 rings (SSSR count). The van der Waals surface area contributed by atoms with E-state index in [-0.39, 0.29) is 23.2 Å². The van der Waals surface area contributed by atoms with Gasteiger partial charge in [-0.3, -0.25) is 9.78 Å². The lowest BCUT2D eigenvalue weighted by Gasteiger charge is -2.25. The van der Waals surface area contributed by atoms with Gasteiger partial charge in [0.2, 0.25) is 0 Å². The van der Waals surface area contributed by atoms with E-state index >= 15 is 0 Å². The molecule has 0 aliphatic carbocycles. The number of para-hydroxylation sites is 1. The summed E-state index contributed by atoms with van der Waals surface area (Å²) in [6.07, 6.45) is 1.89. The predicted molar refractivity (Wildman–Crippen MR) is 94.0 cm³/mol. The fourth-order valence-corrected chi connectivity index (χ4v) is 4.62. The Morgan fingerprint density at radius 3 is 2.58 bits per heavy atom. The van der Waals surface area contributed by atoms with Crippen molar-refractivity contribution in [2.45, 2.75) is 12.5 Å². The van der Waals surface area contributed by atoms with E-state index in [4.69, 9.17) is 0 Å². The van der Waals surface area contributed by atoms with Gasteiger partial charge < -0.3 is 10.2 Å². The number of halogens is 2. The summed E-state index contributed by atoms with van der Waals surface area (Å²) in [6.45, 7) is 0. The number of aromatic nitrogens is 1. The third-order valence-electron chi connectivity index (χ3n) is 4.34. The Balaban J connectivity index is 1.80. The number of pyridine rings is 1. The topological polar surface area (TPSA) is 79.4 Å². The normalized spacial score (nSPS) is 18.5. The minimum atomic E-state index is -3.05. The molecule has 6 nitrogen and oxygen atoms in total. The van der Waals surface area contributed by atoms with Crippen molar-refractivity contribution in [3.8, 4) is 0 Å². The van der Waals surface area contributed by atoms with Crippen molar-refractivity contribution in [2.75, 3.05) is 28.8 Å². The molecule has 0 bridgehead atoms. The number of rotatable bonds is 4. The fourth-order valence-electron chi connectivity index (χ4n) is 2.85. The van der Waals surface area contributed by atoms with Gasteiger partial charge in [-0.15, -0.1) is 0 Å². The molecule has 1 saturated heterocycles. The van der Waals surface area contributed by atoms with Gasteiger partial charge in [0.15, 0.2) is 9.84 Å². The van der Waals surface area contributed by atoms with Crippen LogP contribution in [0.2, 0.25) is 0 Å². The zero-order valence-corrected chi connectivity index (χ0v) is 14.8. The lowest BCUT2D eigenvalue weighted by Crippen LogP contribution is -2.32. The monoisotopic (exact) mass is 381 g/mol. The average Bonchev–Trinajstić information content (AvgIpc) is 2.97. The zero-order valence-electron chi connectivity index (χ0n) is 13.9. The molecule has 0 radical (unpaired) electrons. The van der Waals surface area contributed by atoms with E-state index in [0.29, 0.717) is 12.1 Å². The van der Waals surface area contributed by atoms with Crippen LogP contribution in [0.1, 0.15) is 16.9 Å². The van der Waals surface area contributed by atoms with Crippen molar-refractivity contribution in [1.29, 1.82) is 0 Å². The van der Waals surface area contributed by atoms with E-state index in [1.54, 1.807) is 18.0 Å². The van der Waals surface area contributed by atoms with Gasteiger partial charge in [-0.1, -0.05) is 6.07 Å². The Morgan fingerprint density at radius 2 is 1.96 bits per heavy atom. The molecule has 138 valence electrons. The maximum Gasteiger partial charge on any atom is 0.274 e. The van der Waals surface area contributed by atoms with Crippen molar-refractivity contribution in [3.05, 3.63) is 53.9 Å². The molecule has 1 unspecified atom stereocenters. The molecule has 26 heavy (non-hydrogen) atoms. The van der Waals surface area contributed by atoms with Crippen LogP contribution in [0.5, 0.6) is 0 Å². The van der Waals surface area contributed by atoms with Gasteiger partial charge in [0.25, 0.3) is 5.91 Å². The second-order valence-electron chi connectivity index (χ2n) is 6.12. The summed E-state index contributed by atoms with van der Waals surface area (Å²) < 4.78 is 50.6. The lowest BCUT2D eigenvalue weighted by molar-refractivity contribution is 0.102. The molecule has 2 heterocycles. The molecule has 0 saturated carbocycles.